The minimum atomic E-state index is -5.11. The normalized spacial score (nSPS) is 19.7. The highest BCUT2D eigenvalue weighted by Crippen LogP contribution is 2.52. The molecule has 0 aliphatic carbocycles. The van der Waals surface area contributed by atoms with Crippen molar-refractivity contribution >= 4 is 16.9 Å². The van der Waals surface area contributed by atoms with E-state index in [4.69, 9.17) is 4.74 Å². The van der Waals surface area contributed by atoms with E-state index in [0.29, 0.717) is 6.07 Å². The number of hydrogen-bond donors (Lipinski definition) is 1. The zero-order valence-electron chi connectivity index (χ0n) is 17.6. The van der Waals surface area contributed by atoms with Gasteiger partial charge in [-0.15, -0.1) is 4.72 Å². The molecular weight excluding hydrogens is 477 g/mol. The summed E-state index contributed by atoms with van der Waals surface area (Å²) in [7, 11) is 0. The Hall–Kier alpha value is -2.31. The quantitative estimate of drug-likeness (QED) is 0.438. The average molecular weight is 496 g/mol. The Labute approximate surface area is 188 Å². The fourth-order valence-electron chi connectivity index (χ4n) is 3.05. The first-order valence-electron chi connectivity index (χ1n) is 9.44. The van der Waals surface area contributed by atoms with Crippen molar-refractivity contribution < 1.29 is 40.0 Å². The van der Waals surface area contributed by atoms with E-state index in [2.05, 4.69) is 11.6 Å². The molecule has 2 unspecified atom stereocenters. The molecule has 0 bridgehead atoms. The minimum absolute atomic E-state index is 0.0272. The molecule has 3 rings (SSSR count). The highest BCUT2D eigenvalue weighted by molar-refractivity contribution is 7.90. The van der Waals surface area contributed by atoms with Crippen LogP contribution >= 0.6 is 0 Å². The second-order valence-electron chi connectivity index (χ2n) is 8.39. The number of fused-ring (bicyclic) bond motifs is 1. The lowest BCUT2D eigenvalue weighted by Gasteiger charge is -2.35. The van der Waals surface area contributed by atoms with Crippen LogP contribution in [-0.2, 0) is 16.9 Å². The predicted octanol–water partition coefficient (Wildman–Crippen LogP) is 5.67. The number of aromatic nitrogens is 1. The molecule has 1 aliphatic heterocycles. The molecule has 2 aromatic rings. The first-order valence-corrected chi connectivity index (χ1v) is 10.6. The molecule has 1 aromatic carbocycles. The van der Waals surface area contributed by atoms with Gasteiger partial charge in [-0.1, -0.05) is 6.58 Å². The van der Waals surface area contributed by atoms with Gasteiger partial charge < -0.3 is 9.29 Å². The summed E-state index contributed by atoms with van der Waals surface area (Å²) in [5.41, 5.74) is -6.49. The number of hydrogen-bond acceptors (Lipinski definition) is 4. The highest BCUT2D eigenvalue weighted by Gasteiger charge is 2.65. The second-order valence-corrected chi connectivity index (χ2v) is 10.4. The van der Waals surface area contributed by atoms with Crippen LogP contribution in [0.1, 0.15) is 32.0 Å². The molecule has 0 amide bonds. The van der Waals surface area contributed by atoms with Gasteiger partial charge in [-0.05, 0) is 51.1 Å². The van der Waals surface area contributed by atoms with E-state index in [0.717, 1.165) is 24.3 Å². The zero-order chi connectivity index (χ0) is 25.0. The van der Waals surface area contributed by atoms with Crippen molar-refractivity contribution in [3.05, 3.63) is 54.0 Å². The van der Waals surface area contributed by atoms with Gasteiger partial charge in [0.2, 0.25) is 5.54 Å². The van der Waals surface area contributed by atoms with Crippen molar-refractivity contribution in [2.45, 2.75) is 43.4 Å². The van der Waals surface area contributed by atoms with E-state index in [1.165, 1.54) is 20.8 Å². The molecule has 1 N–H and O–H groups in total. The van der Waals surface area contributed by atoms with Gasteiger partial charge in [-0.3, -0.25) is 0 Å². The predicted molar refractivity (Wildman–Crippen MR) is 109 cm³/mol. The molecule has 0 saturated carbocycles. The van der Waals surface area contributed by atoms with Crippen molar-refractivity contribution in [1.82, 2.24) is 9.71 Å². The van der Waals surface area contributed by atoms with Crippen molar-refractivity contribution in [2.75, 3.05) is 6.61 Å². The lowest BCUT2D eigenvalue weighted by molar-refractivity contribution is -0.196. The number of nitrogens with one attached hydrogen (secondary N) is 1. The number of alkyl halides is 6. The van der Waals surface area contributed by atoms with E-state index < -0.39 is 69.0 Å². The van der Waals surface area contributed by atoms with E-state index in [-0.39, 0.29) is 11.3 Å². The molecule has 0 radical (unpaired) electrons. The molecule has 4 nitrogen and oxygen atoms in total. The van der Waals surface area contributed by atoms with Gasteiger partial charge in [0.05, 0.1) is 11.3 Å². The van der Waals surface area contributed by atoms with Gasteiger partial charge in [-0.2, -0.15) is 26.3 Å². The van der Waals surface area contributed by atoms with Crippen LogP contribution in [-0.4, -0.2) is 33.2 Å². The maximum Gasteiger partial charge on any atom is 0.418 e. The molecule has 33 heavy (non-hydrogen) atoms. The Morgan fingerprint density at radius 2 is 1.70 bits per heavy atom. The molecule has 1 aliphatic rings. The van der Waals surface area contributed by atoms with Crippen LogP contribution in [0.15, 0.2) is 36.9 Å². The zero-order valence-corrected chi connectivity index (χ0v) is 18.4. The third kappa shape index (κ3) is 4.69. The van der Waals surface area contributed by atoms with Crippen molar-refractivity contribution in [3.63, 3.8) is 0 Å². The van der Waals surface area contributed by atoms with Gasteiger partial charge in [0.15, 0.2) is 5.75 Å². The Morgan fingerprint density at radius 3 is 2.18 bits per heavy atom. The summed E-state index contributed by atoms with van der Waals surface area (Å²) >= 11 is -2.27. The van der Waals surface area contributed by atoms with Crippen molar-refractivity contribution in [1.29, 1.82) is 0 Å². The SMILES string of the molecule is C=C(c1cc2c(c(-c3ccc(F)cc3)n1)OCC2(N[S+]([O-])C(C)(C)C)C(F)(F)F)C(F)(F)F. The number of ether oxygens (including phenoxy) is 1. The lowest BCUT2D eigenvalue weighted by Crippen LogP contribution is -2.60. The maximum absolute atomic E-state index is 14.4. The molecule has 2 heterocycles. The number of rotatable bonds is 4. The standard InChI is InChI=1S/C21H19F7N2O2S/c1-11(20(23,24)25)15-9-14-17(16(29-15)12-5-7-13(22)8-6-12)32-10-19(14,21(26,27)28)30-33(31)18(2,3)4/h5-9,30H,1,10H2,2-4H3. The largest absolute Gasteiger partial charge is 0.598 e. The van der Waals surface area contributed by atoms with Gasteiger partial charge >= 0.3 is 12.4 Å². The van der Waals surface area contributed by atoms with Crippen LogP contribution in [0.3, 0.4) is 0 Å². The summed E-state index contributed by atoms with van der Waals surface area (Å²) in [5, 5.41) is 0. The van der Waals surface area contributed by atoms with Gasteiger partial charge in [0.1, 0.15) is 22.9 Å². The summed E-state index contributed by atoms with van der Waals surface area (Å²) < 4.78 is 116. The first kappa shape index (κ1) is 25.3. The summed E-state index contributed by atoms with van der Waals surface area (Å²) in [6.45, 7) is 6.14. The molecular formula is C21H19F7N2O2S. The third-order valence-electron chi connectivity index (χ3n) is 4.94. The van der Waals surface area contributed by atoms with Gasteiger partial charge in [0, 0.05) is 22.5 Å². The average Bonchev–Trinajstić information content (AvgIpc) is 3.05. The Balaban J connectivity index is 2.31. The fraction of sp³-hybridized carbons (Fsp3) is 0.381. The molecule has 12 heteroatoms. The van der Waals surface area contributed by atoms with E-state index in [9.17, 15) is 35.3 Å². The van der Waals surface area contributed by atoms with Crippen LogP contribution in [0.2, 0.25) is 0 Å². The van der Waals surface area contributed by atoms with E-state index >= 15 is 0 Å². The number of nitrogens with zero attached hydrogens (tertiary/aromatic N) is 1. The Bertz CT molecular complexity index is 1060. The van der Waals surface area contributed by atoms with Gasteiger partial charge in [0.25, 0.3) is 0 Å². The number of pyridine rings is 1. The van der Waals surface area contributed by atoms with Gasteiger partial charge in [-0.25, -0.2) is 9.37 Å². The summed E-state index contributed by atoms with van der Waals surface area (Å²) in [6, 6.07) is 4.85. The monoisotopic (exact) mass is 496 g/mol. The van der Waals surface area contributed by atoms with Crippen LogP contribution in [0.4, 0.5) is 30.7 Å². The number of benzene rings is 1. The van der Waals surface area contributed by atoms with Crippen molar-refractivity contribution in [3.8, 4) is 17.0 Å². The Kier molecular flexibility index (Phi) is 6.27. The van der Waals surface area contributed by atoms with Crippen LogP contribution in [0.25, 0.3) is 16.8 Å². The molecule has 2 atom stereocenters. The first-order chi connectivity index (χ1) is 15.0. The second kappa shape index (κ2) is 8.17. The van der Waals surface area contributed by atoms with Crippen LogP contribution in [0, 0.1) is 5.82 Å². The topological polar surface area (TPSA) is 57.2 Å². The molecule has 0 fully saturated rings. The molecule has 0 spiro atoms. The molecule has 0 saturated heterocycles. The van der Waals surface area contributed by atoms with Crippen LogP contribution in [0.5, 0.6) is 5.75 Å². The summed E-state index contributed by atoms with van der Waals surface area (Å²) in [4.78, 5) is 3.85. The van der Waals surface area contributed by atoms with E-state index in [1.54, 1.807) is 0 Å². The number of halogens is 7. The smallest absolute Gasteiger partial charge is 0.418 e. The molecule has 180 valence electrons. The maximum atomic E-state index is 14.4. The number of allylic oxidation sites excluding steroid dienone is 1. The minimum Gasteiger partial charge on any atom is -0.598 e. The fourth-order valence-corrected chi connectivity index (χ4v) is 3.95. The highest BCUT2D eigenvalue weighted by atomic mass is 32.2. The van der Waals surface area contributed by atoms with Crippen LogP contribution < -0.4 is 9.46 Å². The van der Waals surface area contributed by atoms with E-state index in [1.807, 2.05) is 4.72 Å². The summed E-state index contributed by atoms with van der Waals surface area (Å²) in [6.07, 6.45) is -10.1. The Morgan fingerprint density at radius 1 is 1.12 bits per heavy atom. The lowest BCUT2D eigenvalue weighted by atomic mass is 9.90. The molecule has 1 aromatic heterocycles. The third-order valence-corrected chi connectivity index (χ3v) is 6.59. The van der Waals surface area contributed by atoms with Crippen molar-refractivity contribution in [2.24, 2.45) is 0 Å². The summed E-state index contributed by atoms with van der Waals surface area (Å²) in [5.74, 6) is -1.12.